The normalized spacial score (nSPS) is 15.7. The zero-order valence-electron chi connectivity index (χ0n) is 12.9. The lowest BCUT2D eigenvalue weighted by Crippen LogP contribution is -2.39. The molecule has 4 nitrogen and oxygen atoms in total. The van der Waals surface area contributed by atoms with Gasteiger partial charge in [-0.3, -0.25) is 4.90 Å². The molecule has 4 heteroatoms. The Hall–Kier alpha value is -1.57. The smallest absolute Gasteiger partial charge is 0.120 e. The molecule has 0 aliphatic heterocycles. The molecule has 0 amide bonds. The summed E-state index contributed by atoms with van der Waals surface area (Å²) >= 11 is 0. The number of hydrogen-bond donors (Lipinski definition) is 0. The molecule has 1 aliphatic rings. The number of hydrogen-bond acceptors (Lipinski definition) is 4. The maximum Gasteiger partial charge on any atom is 0.120 e. The van der Waals surface area contributed by atoms with Crippen molar-refractivity contribution in [2.75, 3.05) is 33.4 Å². The van der Waals surface area contributed by atoms with Gasteiger partial charge < -0.3 is 9.47 Å². The van der Waals surface area contributed by atoms with Gasteiger partial charge in [-0.15, -0.1) is 0 Å². The Morgan fingerprint density at radius 2 is 2.10 bits per heavy atom. The molecule has 0 spiro atoms. The van der Waals surface area contributed by atoms with E-state index >= 15 is 0 Å². The summed E-state index contributed by atoms with van der Waals surface area (Å²) in [5.74, 6) is 1.60. The molecular formula is C17H24N2O2. The summed E-state index contributed by atoms with van der Waals surface area (Å²) in [4.78, 5) is 2.44. The van der Waals surface area contributed by atoms with Crippen molar-refractivity contribution in [3.05, 3.63) is 29.8 Å². The van der Waals surface area contributed by atoms with Gasteiger partial charge in [0.25, 0.3) is 0 Å². The molecule has 21 heavy (non-hydrogen) atoms. The minimum absolute atomic E-state index is 0.592. The van der Waals surface area contributed by atoms with E-state index in [9.17, 15) is 0 Å². The predicted molar refractivity (Wildman–Crippen MR) is 82.3 cm³/mol. The Labute approximate surface area is 127 Å². The van der Waals surface area contributed by atoms with Crippen LogP contribution in [-0.2, 0) is 4.74 Å². The quantitative estimate of drug-likeness (QED) is 0.701. The van der Waals surface area contributed by atoms with Crippen molar-refractivity contribution in [3.8, 4) is 11.8 Å². The van der Waals surface area contributed by atoms with Crippen molar-refractivity contribution < 1.29 is 9.47 Å². The van der Waals surface area contributed by atoms with Gasteiger partial charge in [0.1, 0.15) is 12.4 Å². The second kappa shape index (κ2) is 8.02. The van der Waals surface area contributed by atoms with Crippen molar-refractivity contribution in [1.82, 2.24) is 4.90 Å². The van der Waals surface area contributed by atoms with Crippen molar-refractivity contribution in [3.63, 3.8) is 0 Å². The standard InChI is InChI=1S/C17H24N2O2/c1-14(16-6-7-16)19(8-10-20-2)9-11-21-17-5-3-4-15(12-17)13-18/h3-5,12,14,16H,6-11H2,1-2H3. The van der Waals surface area contributed by atoms with Gasteiger partial charge in [-0.05, 0) is 43.9 Å². The number of rotatable bonds is 9. The van der Waals surface area contributed by atoms with Gasteiger partial charge in [0, 0.05) is 26.2 Å². The van der Waals surface area contributed by atoms with Crippen molar-refractivity contribution in [2.24, 2.45) is 5.92 Å². The highest BCUT2D eigenvalue weighted by atomic mass is 16.5. The molecule has 1 atom stereocenters. The topological polar surface area (TPSA) is 45.5 Å². The third-order valence-electron chi connectivity index (χ3n) is 4.07. The molecule has 0 bridgehead atoms. The summed E-state index contributed by atoms with van der Waals surface area (Å²) in [6, 6.07) is 10.0. The highest BCUT2D eigenvalue weighted by molar-refractivity contribution is 5.36. The highest BCUT2D eigenvalue weighted by Crippen LogP contribution is 2.34. The van der Waals surface area contributed by atoms with Gasteiger partial charge in [0.05, 0.1) is 18.2 Å². The second-order valence-electron chi connectivity index (χ2n) is 5.59. The van der Waals surface area contributed by atoms with Crippen molar-refractivity contribution in [1.29, 1.82) is 5.26 Å². The fourth-order valence-electron chi connectivity index (χ4n) is 2.54. The molecule has 1 aromatic rings. The summed E-state index contributed by atoms with van der Waals surface area (Å²) in [7, 11) is 1.74. The van der Waals surface area contributed by atoms with E-state index in [0.29, 0.717) is 18.2 Å². The summed E-state index contributed by atoms with van der Waals surface area (Å²) in [6.45, 7) is 5.51. The van der Waals surface area contributed by atoms with E-state index in [1.165, 1.54) is 12.8 Å². The van der Waals surface area contributed by atoms with Gasteiger partial charge >= 0.3 is 0 Å². The van der Waals surface area contributed by atoms with E-state index in [-0.39, 0.29) is 0 Å². The molecule has 0 saturated heterocycles. The van der Waals surface area contributed by atoms with Crippen LogP contribution in [0.3, 0.4) is 0 Å². The summed E-state index contributed by atoms with van der Waals surface area (Å²) < 4.78 is 11.0. The third kappa shape index (κ3) is 5.04. The van der Waals surface area contributed by atoms with Crippen LogP contribution in [0.15, 0.2) is 24.3 Å². The number of benzene rings is 1. The van der Waals surface area contributed by atoms with Gasteiger partial charge in [0.2, 0.25) is 0 Å². The average Bonchev–Trinajstić information content (AvgIpc) is 3.35. The Bertz CT molecular complexity index is 480. The SMILES string of the molecule is COCCN(CCOc1cccc(C#N)c1)C(C)C1CC1. The highest BCUT2D eigenvalue weighted by Gasteiger charge is 2.31. The van der Waals surface area contributed by atoms with Crippen LogP contribution in [-0.4, -0.2) is 44.4 Å². The molecule has 0 N–H and O–H groups in total. The zero-order chi connectivity index (χ0) is 15.1. The molecule has 1 aromatic carbocycles. The van der Waals surface area contributed by atoms with Crippen LogP contribution in [0.5, 0.6) is 5.75 Å². The number of methoxy groups -OCH3 is 1. The molecule has 0 heterocycles. The monoisotopic (exact) mass is 288 g/mol. The largest absolute Gasteiger partial charge is 0.492 e. The van der Waals surface area contributed by atoms with Crippen LogP contribution in [0, 0.1) is 17.2 Å². The van der Waals surface area contributed by atoms with Crippen LogP contribution in [0.4, 0.5) is 0 Å². The molecule has 1 aliphatic carbocycles. The summed E-state index contributed by atoms with van der Waals surface area (Å²) in [5.41, 5.74) is 0.634. The zero-order valence-corrected chi connectivity index (χ0v) is 12.9. The summed E-state index contributed by atoms with van der Waals surface area (Å²) in [6.07, 6.45) is 2.69. The molecular weight excluding hydrogens is 264 g/mol. The summed E-state index contributed by atoms with van der Waals surface area (Å²) in [5, 5.41) is 8.89. The lowest BCUT2D eigenvalue weighted by atomic mass is 10.2. The van der Waals surface area contributed by atoms with Crippen molar-refractivity contribution >= 4 is 0 Å². The van der Waals surface area contributed by atoms with Crippen LogP contribution in [0.1, 0.15) is 25.3 Å². The van der Waals surface area contributed by atoms with Gasteiger partial charge in [-0.25, -0.2) is 0 Å². The predicted octanol–water partition coefficient (Wildman–Crippen LogP) is 2.68. The molecule has 0 radical (unpaired) electrons. The van der Waals surface area contributed by atoms with E-state index in [1.807, 2.05) is 12.1 Å². The van der Waals surface area contributed by atoms with Crippen LogP contribution < -0.4 is 4.74 Å². The van der Waals surface area contributed by atoms with Crippen molar-refractivity contribution in [2.45, 2.75) is 25.8 Å². The fourth-order valence-corrected chi connectivity index (χ4v) is 2.54. The third-order valence-corrected chi connectivity index (χ3v) is 4.07. The first-order valence-corrected chi connectivity index (χ1v) is 7.60. The van der Waals surface area contributed by atoms with Gasteiger partial charge in [0.15, 0.2) is 0 Å². The molecule has 0 aromatic heterocycles. The second-order valence-corrected chi connectivity index (χ2v) is 5.59. The molecule has 1 fully saturated rings. The number of ether oxygens (including phenoxy) is 2. The minimum Gasteiger partial charge on any atom is -0.492 e. The van der Waals surface area contributed by atoms with E-state index in [0.717, 1.165) is 31.4 Å². The Morgan fingerprint density at radius 1 is 1.33 bits per heavy atom. The fraction of sp³-hybridized carbons (Fsp3) is 0.588. The first kappa shape index (κ1) is 15.8. The molecule has 2 rings (SSSR count). The van der Waals surface area contributed by atoms with Gasteiger partial charge in [-0.2, -0.15) is 5.26 Å². The molecule has 114 valence electrons. The maximum atomic E-state index is 8.89. The van der Waals surface area contributed by atoms with E-state index < -0.39 is 0 Å². The van der Waals surface area contributed by atoms with Crippen LogP contribution in [0.2, 0.25) is 0 Å². The Morgan fingerprint density at radius 3 is 2.76 bits per heavy atom. The first-order valence-electron chi connectivity index (χ1n) is 7.60. The minimum atomic E-state index is 0.592. The first-order chi connectivity index (χ1) is 10.2. The van der Waals surface area contributed by atoms with E-state index in [2.05, 4.69) is 17.9 Å². The van der Waals surface area contributed by atoms with E-state index in [4.69, 9.17) is 14.7 Å². The lowest BCUT2D eigenvalue weighted by molar-refractivity contribution is 0.103. The van der Waals surface area contributed by atoms with Crippen LogP contribution in [0.25, 0.3) is 0 Å². The maximum absolute atomic E-state index is 8.89. The lowest BCUT2D eigenvalue weighted by Gasteiger charge is -2.28. The number of nitrogens with zero attached hydrogens (tertiary/aromatic N) is 2. The average molecular weight is 288 g/mol. The number of nitriles is 1. The van der Waals surface area contributed by atoms with Crippen LogP contribution >= 0.6 is 0 Å². The van der Waals surface area contributed by atoms with Gasteiger partial charge in [-0.1, -0.05) is 6.07 Å². The Balaban J connectivity index is 1.81. The molecule has 1 saturated carbocycles. The molecule has 1 unspecified atom stereocenters. The Kier molecular flexibility index (Phi) is 6.04. The van der Waals surface area contributed by atoms with E-state index in [1.54, 1.807) is 19.2 Å².